The summed E-state index contributed by atoms with van der Waals surface area (Å²) in [6.45, 7) is 10.9. The number of hydrogen-bond donors (Lipinski definition) is 1. The van der Waals surface area contributed by atoms with Crippen molar-refractivity contribution in [2.75, 3.05) is 45.9 Å². The Balaban J connectivity index is 0.00000242. The van der Waals surface area contributed by atoms with Crippen LogP contribution in [0.4, 0.5) is 0 Å². The first kappa shape index (κ1) is 22.9. The maximum absolute atomic E-state index is 12.6. The van der Waals surface area contributed by atoms with Crippen LogP contribution in [-0.4, -0.2) is 67.7 Å². The molecule has 0 aromatic heterocycles. The molecule has 5 nitrogen and oxygen atoms in total. The van der Waals surface area contributed by atoms with E-state index in [0.29, 0.717) is 11.8 Å². The summed E-state index contributed by atoms with van der Waals surface area (Å²) in [7, 11) is 0. The predicted octanol–water partition coefficient (Wildman–Crippen LogP) is 1.77. The first-order valence-electron chi connectivity index (χ1n) is 8.50. The van der Waals surface area contributed by atoms with Crippen molar-refractivity contribution in [3.63, 3.8) is 0 Å². The summed E-state index contributed by atoms with van der Waals surface area (Å²) in [5.41, 5.74) is 6.21. The van der Waals surface area contributed by atoms with Gasteiger partial charge in [-0.2, -0.15) is 0 Å². The highest BCUT2D eigenvalue weighted by molar-refractivity contribution is 5.85. The number of halogens is 2. The third-order valence-corrected chi connectivity index (χ3v) is 5.07. The Kier molecular flexibility index (Phi) is 11.4. The van der Waals surface area contributed by atoms with Gasteiger partial charge in [0.2, 0.25) is 5.91 Å². The van der Waals surface area contributed by atoms with Crippen LogP contribution in [0.25, 0.3) is 0 Å². The largest absolute Gasteiger partial charge is 0.381 e. The molecule has 0 aliphatic carbocycles. The SMILES string of the molecule is CCN(CC)CC1CCN(C(=O)C(N)C2CCOCC2)C1.Cl.Cl. The van der Waals surface area contributed by atoms with E-state index in [1.54, 1.807) is 0 Å². The van der Waals surface area contributed by atoms with Crippen LogP contribution < -0.4 is 5.73 Å². The lowest BCUT2D eigenvalue weighted by Crippen LogP contribution is -2.48. The van der Waals surface area contributed by atoms with Crippen LogP contribution in [0.5, 0.6) is 0 Å². The van der Waals surface area contributed by atoms with Gasteiger partial charge in [-0.05, 0) is 44.2 Å². The zero-order valence-electron chi connectivity index (χ0n) is 14.4. The lowest BCUT2D eigenvalue weighted by atomic mass is 9.91. The van der Waals surface area contributed by atoms with Crippen molar-refractivity contribution in [2.45, 2.75) is 39.2 Å². The van der Waals surface area contributed by atoms with Crippen LogP contribution >= 0.6 is 24.8 Å². The van der Waals surface area contributed by atoms with Crippen molar-refractivity contribution in [1.82, 2.24) is 9.80 Å². The average Bonchev–Trinajstić information content (AvgIpc) is 3.00. The maximum atomic E-state index is 12.6. The van der Waals surface area contributed by atoms with E-state index in [1.807, 2.05) is 4.90 Å². The molecule has 23 heavy (non-hydrogen) atoms. The maximum Gasteiger partial charge on any atom is 0.239 e. The second kappa shape index (κ2) is 11.5. The minimum atomic E-state index is -0.332. The van der Waals surface area contributed by atoms with E-state index in [9.17, 15) is 4.79 Å². The van der Waals surface area contributed by atoms with Crippen molar-refractivity contribution in [1.29, 1.82) is 0 Å². The molecule has 2 N–H and O–H groups in total. The van der Waals surface area contributed by atoms with E-state index in [1.165, 1.54) is 0 Å². The monoisotopic (exact) mass is 369 g/mol. The number of amides is 1. The van der Waals surface area contributed by atoms with Crippen LogP contribution in [0.2, 0.25) is 0 Å². The molecule has 138 valence electrons. The van der Waals surface area contributed by atoms with Gasteiger partial charge in [0.15, 0.2) is 0 Å². The minimum Gasteiger partial charge on any atom is -0.381 e. The van der Waals surface area contributed by atoms with E-state index in [-0.39, 0.29) is 36.8 Å². The van der Waals surface area contributed by atoms with E-state index < -0.39 is 0 Å². The van der Waals surface area contributed by atoms with Crippen LogP contribution in [-0.2, 0) is 9.53 Å². The van der Waals surface area contributed by atoms with Crippen molar-refractivity contribution < 1.29 is 9.53 Å². The summed E-state index contributed by atoms with van der Waals surface area (Å²) in [6, 6.07) is -0.332. The van der Waals surface area contributed by atoms with Crippen molar-refractivity contribution >= 4 is 30.7 Å². The summed E-state index contributed by atoms with van der Waals surface area (Å²) >= 11 is 0. The Hall–Kier alpha value is -0.0700. The summed E-state index contributed by atoms with van der Waals surface area (Å²) in [5.74, 6) is 1.06. The molecule has 2 aliphatic rings. The second-order valence-corrected chi connectivity index (χ2v) is 6.40. The standard InChI is InChI=1S/C16H31N3O2.2ClH/c1-3-18(4-2)11-13-5-8-19(12-13)16(20)15(17)14-6-9-21-10-7-14;;/h13-15H,3-12,17H2,1-2H3;2*1H. The lowest BCUT2D eigenvalue weighted by Gasteiger charge is -2.30. The number of nitrogens with zero attached hydrogens (tertiary/aromatic N) is 2. The van der Waals surface area contributed by atoms with Crippen LogP contribution in [0.1, 0.15) is 33.1 Å². The molecule has 0 spiro atoms. The fraction of sp³-hybridized carbons (Fsp3) is 0.938. The smallest absolute Gasteiger partial charge is 0.239 e. The highest BCUT2D eigenvalue weighted by Crippen LogP contribution is 2.23. The molecule has 0 radical (unpaired) electrons. The van der Waals surface area contributed by atoms with Gasteiger partial charge in [-0.15, -0.1) is 24.8 Å². The Labute approximate surface area is 153 Å². The molecule has 0 aromatic carbocycles. The van der Waals surface area contributed by atoms with Crippen LogP contribution in [0.15, 0.2) is 0 Å². The number of hydrogen-bond acceptors (Lipinski definition) is 4. The fourth-order valence-corrected chi connectivity index (χ4v) is 3.52. The molecule has 2 fully saturated rings. The molecule has 1 amide bonds. The van der Waals surface area contributed by atoms with Gasteiger partial charge >= 0.3 is 0 Å². The second-order valence-electron chi connectivity index (χ2n) is 6.40. The van der Waals surface area contributed by atoms with E-state index in [2.05, 4.69) is 18.7 Å². The lowest BCUT2D eigenvalue weighted by molar-refractivity contribution is -0.133. The normalized spacial score (nSPS) is 23.3. The molecular formula is C16H33Cl2N3O2. The van der Waals surface area contributed by atoms with Crippen molar-refractivity contribution in [3.8, 4) is 0 Å². The first-order valence-corrected chi connectivity index (χ1v) is 8.50. The van der Waals surface area contributed by atoms with Gasteiger partial charge in [-0.25, -0.2) is 0 Å². The van der Waals surface area contributed by atoms with E-state index in [0.717, 1.165) is 65.2 Å². The summed E-state index contributed by atoms with van der Waals surface area (Å²) in [6.07, 6.45) is 2.95. The van der Waals surface area contributed by atoms with Gasteiger partial charge in [0.25, 0.3) is 0 Å². The number of carbonyl (C=O) groups excluding carboxylic acids is 1. The van der Waals surface area contributed by atoms with Gasteiger partial charge in [0.05, 0.1) is 6.04 Å². The Morgan fingerprint density at radius 3 is 2.39 bits per heavy atom. The van der Waals surface area contributed by atoms with Gasteiger partial charge < -0.3 is 20.3 Å². The predicted molar refractivity (Wildman–Crippen MR) is 98.5 cm³/mol. The van der Waals surface area contributed by atoms with Gasteiger partial charge in [-0.3, -0.25) is 4.79 Å². The quantitative estimate of drug-likeness (QED) is 0.774. The van der Waals surface area contributed by atoms with Crippen molar-refractivity contribution in [2.24, 2.45) is 17.6 Å². The summed E-state index contributed by atoms with van der Waals surface area (Å²) < 4.78 is 5.35. The molecule has 2 aliphatic heterocycles. The Morgan fingerprint density at radius 2 is 1.83 bits per heavy atom. The van der Waals surface area contributed by atoms with Gasteiger partial charge in [-0.1, -0.05) is 13.8 Å². The minimum absolute atomic E-state index is 0. The summed E-state index contributed by atoms with van der Waals surface area (Å²) in [4.78, 5) is 17.0. The van der Waals surface area contributed by atoms with Crippen LogP contribution in [0, 0.1) is 11.8 Å². The number of nitrogens with two attached hydrogens (primary N) is 1. The zero-order valence-corrected chi connectivity index (χ0v) is 16.0. The summed E-state index contributed by atoms with van der Waals surface area (Å²) in [5, 5.41) is 0. The molecule has 2 rings (SSSR count). The molecule has 2 unspecified atom stereocenters. The molecule has 0 saturated carbocycles. The molecular weight excluding hydrogens is 337 g/mol. The third-order valence-electron chi connectivity index (χ3n) is 5.07. The molecule has 0 aromatic rings. The zero-order chi connectivity index (χ0) is 15.2. The molecule has 7 heteroatoms. The first-order chi connectivity index (χ1) is 10.2. The third kappa shape index (κ3) is 6.39. The molecule has 2 heterocycles. The molecule has 2 saturated heterocycles. The number of carbonyl (C=O) groups is 1. The van der Waals surface area contributed by atoms with Gasteiger partial charge in [0.1, 0.15) is 0 Å². The van der Waals surface area contributed by atoms with Crippen LogP contribution in [0.3, 0.4) is 0 Å². The highest BCUT2D eigenvalue weighted by atomic mass is 35.5. The fourth-order valence-electron chi connectivity index (χ4n) is 3.52. The number of likely N-dealkylation sites (tertiary alicyclic amines) is 1. The Morgan fingerprint density at radius 1 is 1.22 bits per heavy atom. The van der Waals surface area contributed by atoms with E-state index in [4.69, 9.17) is 10.5 Å². The molecule has 2 atom stereocenters. The highest BCUT2D eigenvalue weighted by Gasteiger charge is 2.33. The Bertz CT molecular complexity index is 337. The van der Waals surface area contributed by atoms with Gasteiger partial charge in [0, 0.05) is 32.8 Å². The number of rotatable bonds is 6. The topological polar surface area (TPSA) is 58.8 Å². The van der Waals surface area contributed by atoms with E-state index >= 15 is 0 Å². The average molecular weight is 370 g/mol. The number of ether oxygens (including phenoxy) is 1. The molecule has 0 bridgehead atoms. The van der Waals surface area contributed by atoms with Crippen molar-refractivity contribution in [3.05, 3.63) is 0 Å².